The first-order chi connectivity index (χ1) is 19.4. The van der Waals surface area contributed by atoms with Crippen molar-refractivity contribution in [3.05, 3.63) is 76.6 Å². The Labute approximate surface area is 231 Å². The van der Waals surface area contributed by atoms with Gasteiger partial charge in [0.25, 0.3) is 11.8 Å². The zero-order valence-corrected chi connectivity index (χ0v) is 22.5. The number of pyridine rings is 2. The molecule has 0 unspecified atom stereocenters. The number of amides is 2. The molecule has 4 aromatic rings. The van der Waals surface area contributed by atoms with Gasteiger partial charge in [-0.2, -0.15) is 5.10 Å². The molecule has 11 heteroatoms. The monoisotopic (exact) mass is 537 g/mol. The molecule has 204 valence electrons. The number of fused-ring (bicyclic) bond motifs is 2. The summed E-state index contributed by atoms with van der Waals surface area (Å²) in [6.45, 7) is 8.13. The zero-order valence-electron chi connectivity index (χ0n) is 22.5. The lowest BCUT2D eigenvalue weighted by atomic mass is 10.1. The summed E-state index contributed by atoms with van der Waals surface area (Å²) in [5.41, 5.74) is 12.2. The van der Waals surface area contributed by atoms with E-state index in [0.717, 1.165) is 49.5 Å². The van der Waals surface area contributed by atoms with Crippen molar-refractivity contribution in [2.24, 2.45) is 5.73 Å². The Kier molecular flexibility index (Phi) is 6.64. The smallest absolute Gasteiger partial charge is 0.258 e. The molecule has 6 rings (SSSR count). The van der Waals surface area contributed by atoms with Crippen LogP contribution in [0.2, 0.25) is 0 Å². The van der Waals surface area contributed by atoms with Crippen LogP contribution in [-0.2, 0) is 13.0 Å². The van der Waals surface area contributed by atoms with Crippen molar-refractivity contribution in [2.75, 3.05) is 41.7 Å². The largest absolute Gasteiger partial charge is 0.369 e. The van der Waals surface area contributed by atoms with E-state index in [2.05, 4.69) is 49.0 Å². The molecular weight excluding hydrogens is 506 g/mol. The number of carbonyl (C=O) groups is 2. The quantitative estimate of drug-likeness (QED) is 0.304. The van der Waals surface area contributed by atoms with Crippen molar-refractivity contribution in [3.8, 4) is 11.4 Å². The lowest BCUT2D eigenvalue weighted by Crippen LogP contribution is -2.43. The maximum atomic E-state index is 12.9. The second-order valence-electron chi connectivity index (χ2n) is 10.1. The lowest BCUT2D eigenvalue weighted by molar-refractivity contribution is 0.0998. The molecule has 2 aliphatic rings. The number of primary amides is 1. The third-order valence-electron chi connectivity index (χ3n) is 7.34. The fourth-order valence-electron chi connectivity index (χ4n) is 5.27. The number of hydrogen-bond acceptors (Lipinski definition) is 8. The fraction of sp³-hybridized carbons (Fsp3) is 0.276. The Morgan fingerprint density at radius 1 is 1.05 bits per heavy atom. The number of piperazine rings is 1. The summed E-state index contributed by atoms with van der Waals surface area (Å²) in [5.74, 6) is 0.0944. The van der Waals surface area contributed by atoms with Crippen molar-refractivity contribution in [2.45, 2.75) is 26.8 Å². The van der Waals surface area contributed by atoms with Crippen molar-refractivity contribution in [1.29, 1.82) is 0 Å². The van der Waals surface area contributed by atoms with Crippen molar-refractivity contribution in [3.63, 3.8) is 0 Å². The topological polar surface area (TPSA) is 143 Å². The van der Waals surface area contributed by atoms with E-state index in [1.807, 2.05) is 26.0 Å². The van der Waals surface area contributed by atoms with Crippen LogP contribution in [-0.4, -0.2) is 57.7 Å². The van der Waals surface area contributed by atoms with Crippen LogP contribution in [0.5, 0.6) is 0 Å². The van der Waals surface area contributed by atoms with E-state index < -0.39 is 5.91 Å². The summed E-state index contributed by atoms with van der Waals surface area (Å²) in [6.07, 6.45) is 2.23. The minimum atomic E-state index is -0.601. The van der Waals surface area contributed by atoms with Gasteiger partial charge in [0.15, 0.2) is 0 Å². The Hall–Kier alpha value is -4.77. The van der Waals surface area contributed by atoms with Crippen LogP contribution in [0.25, 0.3) is 11.4 Å². The van der Waals surface area contributed by atoms with E-state index in [-0.39, 0.29) is 11.5 Å². The Morgan fingerprint density at radius 3 is 2.62 bits per heavy atom. The number of benzene rings is 1. The maximum Gasteiger partial charge on any atom is 0.258 e. The van der Waals surface area contributed by atoms with Crippen LogP contribution in [0.3, 0.4) is 0 Å². The summed E-state index contributed by atoms with van der Waals surface area (Å²) >= 11 is 0. The summed E-state index contributed by atoms with van der Waals surface area (Å²) in [6, 6.07) is 13.5. The second-order valence-corrected chi connectivity index (χ2v) is 10.1. The molecule has 0 radical (unpaired) electrons. The zero-order chi connectivity index (χ0) is 27.8. The van der Waals surface area contributed by atoms with Gasteiger partial charge in [0.2, 0.25) is 0 Å². The molecule has 0 spiro atoms. The van der Waals surface area contributed by atoms with E-state index >= 15 is 0 Å². The highest BCUT2D eigenvalue weighted by molar-refractivity contribution is 6.06. The Bertz CT molecular complexity index is 1620. The minimum absolute atomic E-state index is 0.270. The van der Waals surface area contributed by atoms with Gasteiger partial charge in [-0.15, -0.1) is 0 Å². The number of nitrogens with two attached hydrogens (primary N) is 1. The van der Waals surface area contributed by atoms with Crippen molar-refractivity contribution in [1.82, 2.24) is 25.1 Å². The average molecular weight is 538 g/mol. The molecule has 11 nitrogen and oxygen atoms in total. The van der Waals surface area contributed by atoms with Gasteiger partial charge < -0.3 is 26.6 Å². The van der Waals surface area contributed by atoms with Crippen LogP contribution in [0.4, 0.5) is 23.0 Å². The second kappa shape index (κ2) is 10.4. The van der Waals surface area contributed by atoms with E-state index in [4.69, 9.17) is 10.8 Å². The number of anilines is 4. The van der Waals surface area contributed by atoms with Crippen LogP contribution in [0.15, 0.2) is 48.7 Å². The van der Waals surface area contributed by atoms with E-state index in [1.54, 1.807) is 16.8 Å². The molecule has 0 atom stereocenters. The summed E-state index contributed by atoms with van der Waals surface area (Å²) in [5, 5.41) is 14.4. The summed E-state index contributed by atoms with van der Waals surface area (Å²) < 4.78 is 1.78. The Balaban J connectivity index is 1.29. The van der Waals surface area contributed by atoms with Crippen LogP contribution >= 0.6 is 0 Å². The molecule has 2 amide bonds. The summed E-state index contributed by atoms with van der Waals surface area (Å²) in [7, 11) is 0. The predicted molar refractivity (Wildman–Crippen MR) is 154 cm³/mol. The molecule has 0 saturated carbocycles. The molecule has 1 saturated heterocycles. The first-order valence-electron chi connectivity index (χ1n) is 13.4. The van der Waals surface area contributed by atoms with E-state index in [9.17, 15) is 9.59 Å². The number of aromatic nitrogens is 4. The van der Waals surface area contributed by atoms with Gasteiger partial charge >= 0.3 is 0 Å². The number of nitrogens with zero attached hydrogens (tertiary/aromatic N) is 5. The van der Waals surface area contributed by atoms with Crippen LogP contribution in [0, 0.1) is 13.8 Å². The van der Waals surface area contributed by atoms with Gasteiger partial charge in [-0.25, -0.2) is 9.67 Å². The third kappa shape index (κ3) is 4.87. The molecule has 1 aromatic carbocycles. The highest BCUT2D eigenvalue weighted by atomic mass is 16.2. The molecule has 5 heterocycles. The van der Waals surface area contributed by atoms with Gasteiger partial charge in [-0.1, -0.05) is 6.07 Å². The van der Waals surface area contributed by atoms with E-state index in [0.29, 0.717) is 40.7 Å². The van der Waals surface area contributed by atoms with Crippen molar-refractivity contribution < 1.29 is 9.59 Å². The first-order valence-corrected chi connectivity index (χ1v) is 13.4. The van der Waals surface area contributed by atoms with Crippen molar-refractivity contribution >= 4 is 34.8 Å². The molecule has 40 heavy (non-hydrogen) atoms. The molecule has 1 fully saturated rings. The lowest BCUT2D eigenvalue weighted by Gasteiger charge is -2.30. The molecule has 0 bridgehead atoms. The normalized spacial score (nSPS) is 14.5. The summed E-state index contributed by atoms with van der Waals surface area (Å²) in [4.78, 5) is 36.8. The number of rotatable bonds is 5. The number of aryl methyl sites for hydroxylation is 4. The predicted octanol–water partition coefficient (Wildman–Crippen LogP) is 3.02. The molecule has 2 aliphatic heterocycles. The molecule has 0 aliphatic carbocycles. The van der Waals surface area contributed by atoms with Crippen LogP contribution < -0.4 is 26.6 Å². The van der Waals surface area contributed by atoms with Crippen LogP contribution in [0.1, 0.15) is 37.5 Å². The molecule has 3 aromatic heterocycles. The highest BCUT2D eigenvalue weighted by Crippen LogP contribution is 2.35. The number of nitrogens with one attached hydrogen (secondary N) is 3. The standard InChI is InChI=1S/C29H31N9O2/c1-17-14-23(32-16-21(17)29(40)35-24-5-3-4-18(2)33-24)26-25(27(30)39)28-34-22-7-6-20(37-12-9-31-10-13-37)15-19(22)8-11-38(28)36-26/h3-7,14-16,31,34H,8-13H2,1-2H3,(H2,30,39)(H,33,35,40). The molecular formula is C29H31N9O2. The minimum Gasteiger partial charge on any atom is -0.369 e. The Morgan fingerprint density at radius 2 is 1.88 bits per heavy atom. The SMILES string of the molecule is Cc1cccc(NC(=O)c2cnc(-c3nn4c(c3C(N)=O)Nc3ccc(N5CCNCC5)cc3CC4)cc2C)n1. The average Bonchev–Trinajstić information content (AvgIpc) is 3.21. The fourth-order valence-corrected chi connectivity index (χ4v) is 5.27. The highest BCUT2D eigenvalue weighted by Gasteiger charge is 2.27. The van der Waals surface area contributed by atoms with Gasteiger partial charge in [0.05, 0.1) is 11.3 Å². The first kappa shape index (κ1) is 25.5. The number of carbonyl (C=O) groups excluding carboxylic acids is 2. The third-order valence-corrected chi connectivity index (χ3v) is 7.34. The number of hydrogen-bond donors (Lipinski definition) is 4. The van der Waals surface area contributed by atoms with Gasteiger partial charge in [0, 0.05) is 56.0 Å². The van der Waals surface area contributed by atoms with Gasteiger partial charge in [-0.3, -0.25) is 14.6 Å². The van der Waals surface area contributed by atoms with Gasteiger partial charge in [-0.05, 0) is 67.8 Å². The van der Waals surface area contributed by atoms with E-state index in [1.165, 1.54) is 11.9 Å². The maximum absolute atomic E-state index is 12.9. The molecule has 5 N–H and O–H groups in total. The van der Waals surface area contributed by atoms with Gasteiger partial charge in [0.1, 0.15) is 22.9 Å².